The van der Waals surface area contributed by atoms with E-state index in [0.717, 1.165) is 17.9 Å². The van der Waals surface area contributed by atoms with E-state index in [9.17, 15) is 0 Å². The molecule has 1 heterocycles. The molecule has 18 heavy (non-hydrogen) atoms. The van der Waals surface area contributed by atoms with Gasteiger partial charge in [-0.3, -0.25) is 0 Å². The second-order valence-electron chi connectivity index (χ2n) is 5.49. The third-order valence-corrected chi connectivity index (χ3v) is 3.31. The first-order valence-corrected chi connectivity index (χ1v) is 6.68. The third-order valence-electron chi connectivity index (χ3n) is 3.31. The number of hydrogen-bond acceptors (Lipinski definition) is 2. The van der Waals surface area contributed by atoms with Gasteiger partial charge < -0.3 is 9.88 Å². The molecule has 3 heteroatoms. The minimum absolute atomic E-state index is 0.481. The molecule has 0 bridgehead atoms. The van der Waals surface area contributed by atoms with E-state index in [1.165, 1.54) is 11.1 Å². The summed E-state index contributed by atoms with van der Waals surface area (Å²) in [7, 11) is 2.11. The van der Waals surface area contributed by atoms with Crippen LogP contribution < -0.4 is 5.32 Å². The molecule has 0 radical (unpaired) electrons. The predicted octanol–water partition coefficient (Wildman–Crippen LogP) is 3.19. The molecule has 3 nitrogen and oxygen atoms in total. The van der Waals surface area contributed by atoms with Crippen LogP contribution in [0.1, 0.15) is 45.0 Å². The Balaban J connectivity index is 2.46. The van der Waals surface area contributed by atoms with Crippen molar-refractivity contribution in [1.82, 2.24) is 14.9 Å². The standard InChI is InChI=1S/C15H23N3/c1-10(2)12-7-6-8-13-15(12)18(5)14(17-13)9-16-11(3)4/h6-8,10-11,16H,9H2,1-5H3. The number of aryl methyl sites for hydroxylation is 1. The lowest BCUT2D eigenvalue weighted by Crippen LogP contribution is -2.23. The van der Waals surface area contributed by atoms with Gasteiger partial charge in [-0.25, -0.2) is 4.98 Å². The molecule has 1 N–H and O–H groups in total. The predicted molar refractivity (Wildman–Crippen MR) is 76.8 cm³/mol. The molecule has 2 aromatic rings. The van der Waals surface area contributed by atoms with Crippen LogP contribution in [0, 0.1) is 0 Å². The van der Waals surface area contributed by atoms with Gasteiger partial charge in [0.1, 0.15) is 5.82 Å². The molecule has 0 saturated carbocycles. The van der Waals surface area contributed by atoms with Crippen LogP contribution in [0.2, 0.25) is 0 Å². The van der Waals surface area contributed by atoms with Gasteiger partial charge in [0.25, 0.3) is 0 Å². The topological polar surface area (TPSA) is 29.9 Å². The number of fused-ring (bicyclic) bond motifs is 1. The Morgan fingerprint density at radius 1 is 1.22 bits per heavy atom. The number of benzene rings is 1. The van der Waals surface area contributed by atoms with Crippen molar-refractivity contribution >= 4 is 11.0 Å². The zero-order valence-corrected chi connectivity index (χ0v) is 12.0. The lowest BCUT2D eigenvalue weighted by molar-refractivity contribution is 0.563. The van der Waals surface area contributed by atoms with Crippen LogP contribution in [-0.2, 0) is 13.6 Å². The molecule has 0 unspecified atom stereocenters. The Morgan fingerprint density at radius 3 is 2.56 bits per heavy atom. The van der Waals surface area contributed by atoms with Gasteiger partial charge in [-0.1, -0.05) is 39.8 Å². The number of nitrogens with one attached hydrogen (secondary N) is 1. The highest BCUT2D eigenvalue weighted by Gasteiger charge is 2.13. The van der Waals surface area contributed by atoms with Crippen LogP contribution in [0.5, 0.6) is 0 Å². The molecule has 98 valence electrons. The van der Waals surface area contributed by atoms with E-state index in [2.05, 4.69) is 62.8 Å². The normalized spacial score (nSPS) is 11.9. The van der Waals surface area contributed by atoms with E-state index >= 15 is 0 Å². The van der Waals surface area contributed by atoms with Crippen LogP contribution in [0.15, 0.2) is 18.2 Å². The molecule has 0 aliphatic carbocycles. The smallest absolute Gasteiger partial charge is 0.123 e. The van der Waals surface area contributed by atoms with Gasteiger partial charge in [-0.15, -0.1) is 0 Å². The maximum Gasteiger partial charge on any atom is 0.123 e. The second kappa shape index (κ2) is 5.11. The number of aromatic nitrogens is 2. The summed E-state index contributed by atoms with van der Waals surface area (Å²) in [6.07, 6.45) is 0. The zero-order valence-electron chi connectivity index (χ0n) is 12.0. The Hall–Kier alpha value is -1.35. The van der Waals surface area contributed by atoms with Gasteiger partial charge in [0.15, 0.2) is 0 Å². The molecule has 0 fully saturated rings. The number of hydrogen-bond donors (Lipinski definition) is 1. The highest BCUT2D eigenvalue weighted by molar-refractivity contribution is 5.80. The summed E-state index contributed by atoms with van der Waals surface area (Å²) >= 11 is 0. The van der Waals surface area contributed by atoms with E-state index in [0.29, 0.717) is 12.0 Å². The Bertz CT molecular complexity index is 538. The summed E-state index contributed by atoms with van der Waals surface area (Å²) < 4.78 is 2.22. The monoisotopic (exact) mass is 245 g/mol. The van der Waals surface area contributed by atoms with Gasteiger partial charge in [0.2, 0.25) is 0 Å². The maximum absolute atomic E-state index is 4.73. The summed E-state index contributed by atoms with van der Waals surface area (Å²) in [5.41, 5.74) is 3.75. The first-order chi connectivity index (χ1) is 8.50. The molecule has 0 atom stereocenters. The summed E-state index contributed by atoms with van der Waals surface area (Å²) in [6, 6.07) is 6.88. The minimum atomic E-state index is 0.481. The molecule has 0 aliphatic heterocycles. The Labute approximate surface area is 109 Å². The Morgan fingerprint density at radius 2 is 1.94 bits per heavy atom. The van der Waals surface area contributed by atoms with E-state index in [1.54, 1.807) is 0 Å². The van der Waals surface area contributed by atoms with E-state index in [1.807, 2.05) is 0 Å². The van der Waals surface area contributed by atoms with E-state index < -0.39 is 0 Å². The van der Waals surface area contributed by atoms with Crippen LogP contribution in [0.25, 0.3) is 11.0 Å². The van der Waals surface area contributed by atoms with Crippen molar-refractivity contribution < 1.29 is 0 Å². The van der Waals surface area contributed by atoms with Gasteiger partial charge >= 0.3 is 0 Å². The van der Waals surface area contributed by atoms with Crippen molar-refractivity contribution in [1.29, 1.82) is 0 Å². The SMILES string of the molecule is CC(C)NCc1nc2cccc(C(C)C)c2n1C. The highest BCUT2D eigenvalue weighted by atomic mass is 15.1. The fourth-order valence-corrected chi connectivity index (χ4v) is 2.27. The molecule has 2 rings (SSSR count). The molecule has 0 aliphatic rings. The van der Waals surface area contributed by atoms with Crippen molar-refractivity contribution in [2.24, 2.45) is 7.05 Å². The molecule has 1 aromatic heterocycles. The summed E-state index contributed by atoms with van der Waals surface area (Å²) in [5, 5.41) is 3.43. The summed E-state index contributed by atoms with van der Waals surface area (Å²) in [4.78, 5) is 4.73. The average molecular weight is 245 g/mol. The van der Waals surface area contributed by atoms with Crippen molar-refractivity contribution in [3.8, 4) is 0 Å². The fraction of sp³-hybridized carbons (Fsp3) is 0.533. The average Bonchev–Trinajstić information content (AvgIpc) is 2.63. The molecule has 0 amide bonds. The second-order valence-corrected chi connectivity index (χ2v) is 5.49. The molecular formula is C15H23N3. The van der Waals surface area contributed by atoms with E-state index in [4.69, 9.17) is 4.98 Å². The number of rotatable bonds is 4. The van der Waals surface area contributed by atoms with Gasteiger partial charge in [-0.05, 0) is 17.5 Å². The van der Waals surface area contributed by atoms with Gasteiger partial charge in [0, 0.05) is 13.1 Å². The lowest BCUT2D eigenvalue weighted by Gasteiger charge is -2.10. The lowest BCUT2D eigenvalue weighted by atomic mass is 10.0. The molecule has 0 spiro atoms. The first kappa shape index (κ1) is 13.1. The van der Waals surface area contributed by atoms with Crippen LogP contribution in [0.4, 0.5) is 0 Å². The maximum atomic E-state index is 4.73. The number of imidazole rings is 1. The van der Waals surface area contributed by atoms with Crippen molar-refractivity contribution in [2.75, 3.05) is 0 Å². The van der Waals surface area contributed by atoms with Crippen molar-refractivity contribution in [3.05, 3.63) is 29.6 Å². The zero-order chi connectivity index (χ0) is 13.3. The number of para-hydroxylation sites is 1. The highest BCUT2D eigenvalue weighted by Crippen LogP contribution is 2.25. The van der Waals surface area contributed by atoms with Gasteiger partial charge in [0.05, 0.1) is 17.6 Å². The van der Waals surface area contributed by atoms with Crippen LogP contribution >= 0.6 is 0 Å². The molecule has 0 saturated heterocycles. The van der Waals surface area contributed by atoms with Crippen LogP contribution in [-0.4, -0.2) is 15.6 Å². The fourth-order valence-electron chi connectivity index (χ4n) is 2.27. The summed E-state index contributed by atoms with van der Waals surface area (Å²) in [5.74, 6) is 1.63. The molecular weight excluding hydrogens is 222 g/mol. The quantitative estimate of drug-likeness (QED) is 0.896. The van der Waals surface area contributed by atoms with Crippen molar-refractivity contribution in [3.63, 3.8) is 0 Å². The molecule has 1 aromatic carbocycles. The number of nitrogens with zero attached hydrogens (tertiary/aromatic N) is 2. The minimum Gasteiger partial charge on any atom is -0.330 e. The van der Waals surface area contributed by atoms with Crippen LogP contribution in [0.3, 0.4) is 0 Å². The van der Waals surface area contributed by atoms with Crippen molar-refractivity contribution in [2.45, 2.75) is 46.2 Å². The Kier molecular flexibility index (Phi) is 3.71. The van der Waals surface area contributed by atoms with Gasteiger partial charge in [-0.2, -0.15) is 0 Å². The first-order valence-electron chi connectivity index (χ1n) is 6.68. The summed E-state index contributed by atoms with van der Waals surface area (Å²) in [6.45, 7) is 9.59. The van der Waals surface area contributed by atoms with E-state index in [-0.39, 0.29) is 0 Å². The third kappa shape index (κ3) is 2.41. The largest absolute Gasteiger partial charge is 0.330 e.